The molecule has 1 N–H and O–H groups in total. The van der Waals surface area contributed by atoms with Crippen molar-refractivity contribution in [1.29, 1.82) is 0 Å². The SMILES string of the molecule is CC1CNCCN1c1nc(OCC2CCCN2C)nc2nc(-c3ccncc3Cl)c(F)cc12. The van der Waals surface area contributed by atoms with Gasteiger partial charge < -0.3 is 19.9 Å². The monoisotopic (exact) mass is 471 g/mol. The number of piperazine rings is 1. The quantitative estimate of drug-likeness (QED) is 0.608. The number of rotatable bonds is 5. The minimum absolute atomic E-state index is 0.134. The third-order valence-electron chi connectivity index (χ3n) is 6.48. The maximum Gasteiger partial charge on any atom is 0.320 e. The minimum Gasteiger partial charge on any atom is -0.462 e. The third-order valence-corrected chi connectivity index (χ3v) is 6.78. The Morgan fingerprint density at radius 2 is 2.15 bits per heavy atom. The number of hydrogen-bond acceptors (Lipinski definition) is 8. The maximum absolute atomic E-state index is 15.3. The van der Waals surface area contributed by atoms with E-state index in [9.17, 15) is 0 Å². The van der Waals surface area contributed by atoms with Gasteiger partial charge in [-0.1, -0.05) is 11.6 Å². The molecule has 8 nitrogen and oxygen atoms in total. The van der Waals surface area contributed by atoms with Crippen molar-refractivity contribution in [2.24, 2.45) is 0 Å². The number of aromatic nitrogens is 4. The first-order chi connectivity index (χ1) is 16.0. The highest BCUT2D eigenvalue weighted by Crippen LogP contribution is 2.33. The molecule has 3 aromatic heterocycles. The van der Waals surface area contributed by atoms with E-state index >= 15 is 4.39 Å². The van der Waals surface area contributed by atoms with Gasteiger partial charge in [-0.3, -0.25) is 4.98 Å². The van der Waals surface area contributed by atoms with Crippen LogP contribution >= 0.6 is 11.6 Å². The van der Waals surface area contributed by atoms with Gasteiger partial charge in [-0.25, -0.2) is 9.37 Å². The van der Waals surface area contributed by atoms with Gasteiger partial charge in [0.15, 0.2) is 5.65 Å². The molecule has 2 saturated heterocycles. The molecule has 3 aromatic rings. The number of fused-ring (bicyclic) bond motifs is 1. The van der Waals surface area contributed by atoms with Crippen LogP contribution in [0.5, 0.6) is 6.01 Å². The molecule has 33 heavy (non-hydrogen) atoms. The molecule has 2 aliphatic rings. The summed E-state index contributed by atoms with van der Waals surface area (Å²) in [6.07, 6.45) is 5.28. The first kappa shape index (κ1) is 22.2. The second-order valence-corrected chi connectivity index (χ2v) is 9.12. The lowest BCUT2D eigenvalue weighted by Crippen LogP contribution is -2.50. The zero-order valence-corrected chi connectivity index (χ0v) is 19.5. The summed E-state index contributed by atoms with van der Waals surface area (Å²) in [5, 5.41) is 4.26. The molecule has 5 rings (SSSR count). The number of halogens is 2. The van der Waals surface area contributed by atoms with E-state index in [4.69, 9.17) is 21.3 Å². The molecule has 0 spiro atoms. The topological polar surface area (TPSA) is 79.3 Å². The largest absolute Gasteiger partial charge is 0.462 e. The van der Waals surface area contributed by atoms with Crippen LogP contribution in [0.2, 0.25) is 5.02 Å². The lowest BCUT2D eigenvalue weighted by Gasteiger charge is -2.35. The zero-order valence-electron chi connectivity index (χ0n) is 18.8. The van der Waals surface area contributed by atoms with Crippen molar-refractivity contribution in [1.82, 2.24) is 30.2 Å². The summed E-state index contributed by atoms with van der Waals surface area (Å²) in [5.74, 6) is 0.159. The molecule has 174 valence electrons. The Labute approximate surface area is 197 Å². The molecule has 2 atom stereocenters. The lowest BCUT2D eigenvalue weighted by atomic mass is 10.1. The van der Waals surface area contributed by atoms with Crippen LogP contribution in [0, 0.1) is 5.82 Å². The Bertz CT molecular complexity index is 1160. The van der Waals surface area contributed by atoms with Crippen molar-refractivity contribution >= 4 is 28.5 Å². The van der Waals surface area contributed by atoms with Gasteiger partial charge in [0.25, 0.3) is 0 Å². The normalized spacial score (nSPS) is 21.6. The molecule has 0 aliphatic carbocycles. The Morgan fingerprint density at radius 3 is 2.91 bits per heavy atom. The number of nitrogens with one attached hydrogen (secondary N) is 1. The standard InChI is InChI=1S/C23H27ClFN7O/c1-14-11-27-7-9-32(14)22-17-10-19(25)20(16-5-6-26-12-18(16)24)28-21(17)29-23(30-22)33-13-15-4-3-8-31(15)2/h5-6,10,12,14-15,27H,3-4,7-9,11,13H2,1-2H3. The van der Waals surface area contributed by atoms with Gasteiger partial charge >= 0.3 is 6.01 Å². The lowest BCUT2D eigenvalue weighted by molar-refractivity contribution is 0.188. The fraction of sp³-hybridized carbons (Fsp3) is 0.478. The van der Waals surface area contributed by atoms with Gasteiger partial charge in [0, 0.05) is 49.7 Å². The summed E-state index contributed by atoms with van der Waals surface area (Å²) in [4.78, 5) is 22.3. The number of hydrogen-bond donors (Lipinski definition) is 1. The highest BCUT2D eigenvalue weighted by Gasteiger charge is 2.26. The molecule has 2 fully saturated rings. The van der Waals surface area contributed by atoms with E-state index in [2.05, 4.69) is 44.0 Å². The second-order valence-electron chi connectivity index (χ2n) is 8.71. The number of anilines is 1. The molecule has 0 aromatic carbocycles. The number of ether oxygens (including phenoxy) is 1. The van der Waals surface area contributed by atoms with Crippen molar-refractivity contribution in [2.75, 3.05) is 44.7 Å². The van der Waals surface area contributed by atoms with Gasteiger partial charge in [-0.2, -0.15) is 9.97 Å². The first-order valence-electron chi connectivity index (χ1n) is 11.3. The van der Waals surface area contributed by atoms with E-state index in [0.29, 0.717) is 40.1 Å². The molecular formula is C23H27ClFN7O. The van der Waals surface area contributed by atoms with E-state index in [-0.39, 0.29) is 17.7 Å². The van der Waals surface area contributed by atoms with Crippen molar-refractivity contribution in [3.63, 3.8) is 0 Å². The fourth-order valence-corrected chi connectivity index (χ4v) is 4.76. The second kappa shape index (κ2) is 9.32. The summed E-state index contributed by atoms with van der Waals surface area (Å²) in [5.41, 5.74) is 0.982. The van der Waals surface area contributed by atoms with Crippen molar-refractivity contribution in [2.45, 2.75) is 31.8 Å². The van der Waals surface area contributed by atoms with E-state index in [1.807, 2.05) is 0 Å². The van der Waals surface area contributed by atoms with Crippen LogP contribution in [-0.4, -0.2) is 76.8 Å². The number of likely N-dealkylation sites (N-methyl/N-ethyl adjacent to an activating group) is 1. The van der Waals surface area contributed by atoms with Crippen LogP contribution in [0.25, 0.3) is 22.3 Å². The summed E-state index contributed by atoms with van der Waals surface area (Å²) >= 11 is 6.27. The predicted molar refractivity (Wildman–Crippen MR) is 126 cm³/mol. The van der Waals surface area contributed by atoms with Crippen LogP contribution in [0.15, 0.2) is 24.5 Å². The van der Waals surface area contributed by atoms with Crippen LogP contribution in [-0.2, 0) is 0 Å². The highest BCUT2D eigenvalue weighted by atomic mass is 35.5. The van der Waals surface area contributed by atoms with Gasteiger partial charge in [-0.05, 0) is 45.5 Å². The molecule has 0 saturated carbocycles. The highest BCUT2D eigenvalue weighted by molar-refractivity contribution is 6.33. The summed E-state index contributed by atoms with van der Waals surface area (Å²) in [7, 11) is 2.10. The maximum atomic E-state index is 15.3. The van der Waals surface area contributed by atoms with Crippen LogP contribution in [0.3, 0.4) is 0 Å². The van der Waals surface area contributed by atoms with Crippen LogP contribution in [0.1, 0.15) is 19.8 Å². The molecule has 0 bridgehead atoms. The molecule has 0 radical (unpaired) electrons. The van der Waals surface area contributed by atoms with E-state index in [1.165, 1.54) is 12.3 Å². The fourth-order valence-electron chi connectivity index (χ4n) is 4.55. The smallest absolute Gasteiger partial charge is 0.320 e. The molecular weight excluding hydrogens is 445 g/mol. The number of pyridine rings is 2. The van der Waals surface area contributed by atoms with Crippen molar-refractivity contribution in [3.05, 3.63) is 35.4 Å². The van der Waals surface area contributed by atoms with E-state index < -0.39 is 5.82 Å². The average molecular weight is 472 g/mol. The molecule has 0 amide bonds. The Hall–Kier alpha value is -2.62. The molecule has 10 heteroatoms. The van der Waals surface area contributed by atoms with Crippen LogP contribution < -0.4 is 15.0 Å². The van der Waals surface area contributed by atoms with Gasteiger partial charge in [0.05, 0.1) is 10.4 Å². The molecule has 5 heterocycles. The van der Waals surface area contributed by atoms with Crippen LogP contribution in [0.4, 0.5) is 10.2 Å². The summed E-state index contributed by atoms with van der Waals surface area (Å²) < 4.78 is 21.3. The van der Waals surface area contributed by atoms with Gasteiger partial charge in [-0.15, -0.1) is 0 Å². The Kier molecular flexibility index (Phi) is 6.27. The number of likely N-dealkylation sites (tertiary alicyclic amines) is 1. The van der Waals surface area contributed by atoms with E-state index in [1.54, 1.807) is 12.3 Å². The van der Waals surface area contributed by atoms with Crippen molar-refractivity contribution < 1.29 is 9.13 Å². The van der Waals surface area contributed by atoms with Crippen molar-refractivity contribution in [3.8, 4) is 17.3 Å². The predicted octanol–water partition coefficient (Wildman–Crippen LogP) is 3.15. The molecule has 2 unspecified atom stereocenters. The first-order valence-corrected chi connectivity index (χ1v) is 11.7. The molecule has 2 aliphatic heterocycles. The van der Waals surface area contributed by atoms with E-state index in [0.717, 1.165) is 39.0 Å². The Balaban J connectivity index is 1.59. The minimum atomic E-state index is -0.482. The number of nitrogens with zero attached hydrogens (tertiary/aromatic N) is 6. The summed E-state index contributed by atoms with van der Waals surface area (Å²) in [6.45, 7) is 6.06. The summed E-state index contributed by atoms with van der Waals surface area (Å²) in [6, 6.07) is 3.87. The zero-order chi connectivity index (χ0) is 22.9. The third kappa shape index (κ3) is 4.45. The van der Waals surface area contributed by atoms with Gasteiger partial charge in [0.1, 0.15) is 23.9 Å². The Morgan fingerprint density at radius 1 is 1.27 bits per heavy atom. The average Bonchev–Trinajstić information content (AvgIpc) is 3.22. The van der Waals surface area contributed by atoms with Gasteiger partial charge in [0.2, 0.25) is 0 Å².